The Hall–Kier alpha value is -1.49. The van der Waals surface area contributed by atoms with Crippen molar-refractivity contribution in [1.82, 2.24) is 0 Å². The van der Waals surface area contributed by atoms with E-state index in [1.165, 1.54) is 0 Å². The Bertz CT molecular complexity index is 325. The van der Waals surface area contributed by atoms with Crippen LogP contribution in [0.25, 0.3) is 0 Å². The van der Waals surface area contributed by atoms with Crippen LogP contribution in [0.4, 0.5) is 0 Å². The molecular formula is C11H13NO. The summed E-state index contributed by atoms with van der Waals surface area (Å²) in [6.07, 6.45) is 2.14. The summed E-state index contributed by atoms with van der Waals surface area (Å²) < 4.78 is 0. The van der Waals surface area contributed by atoms with Crippen LogP contribution in [0.1, 0.15) is 24.0 Å². The molecule has 2 heteroatoms. The molecule has 0 atom stereocenters. The van der Waals surface area contributed by atoms with Gasteiger partial charge in [-0.15, -0.1) is 0 Å². The van der Waals surface area contributed by atoms with Gasteiger partial charge in [0, 0.05) is 6.42 Å². The van der Waals surface area contributed by atoms with Gasteiger partial charge in [0.25, 0.3) is 0 Å². The molecular weight excluding hydrogens is 162 g/mol. The highest BCUT2D eigenvalue weighted by Gasteiger charge is 2.00. The van der Waals surface area contributed by atoms with E-state index in [1.54, 1.807) is 6.07 Å². The molecule has 0 aliphatic heterocycles. The molecule has 0 unspecified atom stereocenters. The third-order valence-corrected chi connectivity index (χ3v) is 1.97. The predicted molar refractivity (Wildman–Crippen MR) is 51.4 cm³/mol. The molecule has 0 aliphatic rings. The maximum absolute atomic E-state index is 9.45. The summed E-state index contributed by atoms with van der Waals surface area (Å²) in [5.41, 5.74) is 2.08. The lowest BCUT2D eigenvalue weighted by atomic mass is 10.1. The molecule has 2 nitrogen and oxygen atoms in total. The first-order chi connectivity index (χ1) is 6.24. The Morgan fingerprint density at radius 3 is 2.92 bits per heavy atom. The third-order valence-electron chi connectivity index (χ3n) is 1.97. The average Bonchev–Trinajstić information content (AvgIpc) is 2.11. The van der Waals surface area contributed by atoms with E-state index in [0.29, 0.717) is 12.2 Å². The molecule has 68 valence electrons. The van der Waals surface area contributed by atoms with Crippen molar-refractivity contribution in [1.29, 1.82) is 5.26 Å². The average molecular weight is 175 g/mol. The molecule has 0 radical (unpaired) electrons. The van der Waals surface area contributed by atoms with Crippen LogP contribution >= 0.6 is 0 Å². The maximum atomic E-state index is 9.45. The van der Waals surface area contributed by atoms with E-state index in [9.17, 15) is 5.11 Å². The van der Waals surface area contributed by atoms with Crippen molar-refractivity contribution >= 4 is 0 Å². The van der Waals surface area contributed by atoms with Gasteiger partial charge in [0.2, 0.25) is 0 Å². The summed E-state index contributed by atoms with van der Waals surface area (Å²) in [5.74, 6) is 0.337. The topological polar surface area (TPSA) is 44.0 Å². The minimum atomic E-state index is 0.337. The molecule has 0 saturated heterocycles. The van der Waals surface area contributed by atoms with E-state index in [2.05, 4.69) is 6.07 Å². The quantitative estimate of drug-likeness (QED) is 0.717. The number of nitrogens with zero attached hydrogens (tertiary/aromatic N) is 1. The van der Waals surface area contributed by atoms with Gasteiger partial charge in [0.1, 0.15) is 5.75 Å². The SMILES string of the molecule is Cc1ccc(O)c(CCCC#N)c1. The zero-order valence-corrected chi connectivity index (χ0v) is 7.75. The zero-order valence-electron chi connectivity index (χ0n) is 7.75. The normalized spacial score (nSPS) is 9.54. The van der Waals surface area contributed by atoms with Crippen molar-refractivity contribution in [2.75, 3.05) is 0 Å². The first-order valence-electron chi connectivity index (χ1n) is 4.39. The first-order valence-corrected chi connectivity index (χ1v) is 4.39. The molecule has 0 aliphatic carbocycles. The van der Waals surface area contributed by atoms with Crippen LogP contribution in [-0.2, 0) is 6.42 Å². The first kappa shape index (κ1) is 9.60. The Morgan fingerprint density at radius 1 is 1.46 bits per heavy atom. The molecule has 0 spiro atoms. The van der Waals surface area contributed by atoms with Crippen LogP contribution in [0.2, 0.25) is 0 Å². The molecule has 0 amide bonds. The van der Waals surface area contributed by atoms with Crippen molar-refractivity contribution in [3.8, 4) is 11.8 Å². The highest BCUT2D eigenvalue weighted by atomic mass is 16.3. The smallest absolute Gasteiger partial charge is 0.118 e. The van der Waals surface area contributed by atoms with Gasteiger partial charge in [-0.1, -0.05) is 17.7 Å². The number of unbranched alkanes of at least 4 members (excludes halogenated alkanes) is 1. The lowest BCUT2D eigenvalue weighted by Gasteiger charge is -2.03. The fourth-order valence-corrected chi connectivity index (χ4v) is 1.27. The predicted octanol–water partition coefficient (Wildman–Crippen LogP) is 2.55. The van der Waals surface area contributed by atoms with Gasteiger partial charge in [0.05, 0.1) is 6.07 Å². The monoisotopic (exact) mass is 175 g/mol. The number of phenols is 1. The van der Waals surface area contributed by atoms with Gasteiger partial charge in [-0.2, -0.15) is 5.26 Å². The summed E-state index contributed by atoms with van der Waals surface area (Å²) in [6.45, 7) is 1.99. The minimum Gasteiger partial charge on any atom is -0.508 e. The molecule has 1 N–H and O–H groups in total. The summed E-state index contributed by atoms with van der Waals surface area (Å²) >= 11 is 0. The van der Waals surface area contributed by atoms with Crippen LogP contribution in [0.3, 0.4) is 0 Å². The van der Waals surface area contributed by atoms with Crippen LogP contribution in [0.5, 0.6) is 5.75 Å². The summed E-state index contributed by atoms with van der Waals surface area (Å²) in [6, 6.07) is 7.64. The van der Waals surface area contributed by atoms with Crippen LogP contribution < -0.4 is 0 Å². The molecule has 0 heterocycles. The van der Waals surface area contributed by atoms with Crippen LogP contribution in [0, 0.1) is 18.3 Å². The van der Waals surface area contributed by atoms with E-state index in [1.807, 2.05) is 19.1 Å². The summed E-state index contributed by atoms with van der Waals surface area (Å²) in [7, 11) is 0. The molecule has 1 rings (SSSR count). The van der Waals surface area contributed by atoms with E-state index < -0.39 is 0 Å². The van der Waals surface area contributed by atoms with Gasteiger partial charge in [-0.25, -0.2) is 0 Å². The number of rotatable bonds is 3. The van der Waals surface area contributed by atoms with Gasteiger partial charge in [0.15, 0.2) is 0 Å². The molecule has 0 fully saturated rings. The second-order valence-corrected chi connectivity index (χ2v) is 3.14. The number of hydrogen-bond acceptors (Lipinski definition) is 2. The van der Waals surface area contributed by atoms with E-state index in [0.717, 1.165) is 24.0 Å². The number of aryl methyl sites for hydroxylation is 2. The lowest BCUT2D eigenvalue weighted by molar-refractivity contribution is 0.467. The molecule has 1 aromatic carbocycles. The van der Waals surface area contributed by atoms with Gasteiger partial charge in [-0.3, -0.25) is 0 Å². The second-order valence-electron chi connectivity index (χ2n) is 3.14. The molecule has 13 heavy (non-hydrogen) atoms. The Labute approximate surface area is 78.4 Å². The van der Waals surface area contributed by atoms with Crippen LogP contribution in [-0.4, -0.2) is 5.11 Å². The van der Waals surface area contributed by atoms with E-state index in [4.69, 9.17) is 5.26 Å². The lowest BCUT2D eigenvalue weighted by Crippen LogP contribution is -1.87. The van der Waals surface area contributed by atoms with Crippen molar-refractivity contribution in [2.24, 2.45) is 0 Å². The highest BCUT2D eigenvalue weighted by Crippen LogP contribution is 2.19. The zero-order chi connectivity index (χ0) is 9.68. The van der Waals surface area contributed by atoms with Crippen molar-refractivity contribution in [3.05, 3.63) is 29.3 Å². The van der Waals surface area contributed by atoms with E-state index >= 15 is 0 Å². The van der Waals surface area contributed by atoms with Crippen LogP contribution in [0.15, 0.2) is 18.2 Å². The fraction of sp³-hybridized carbons (Fsp3) is 0.364. The standard InChI is InChI=1S/C11H13NO/c1-9-5-6-11(13)10(8-9)4-2-3-7-12/h5-6,8,13H,2-4H2,1H3. The minimum absolute atomic E-state index is 0.337. The largest absolute Gasteiger partial charge is 0.508 e. The maximum Gasteiger partial charge on any atom is 0.118 e. The highest BCUT2D eigenvalue weighted by molar-refractivity contribution is 5.35. The summed E-state index contributed by atoms with van der Waals surface area (Å²) in [5, 5.41) is 17.8. The second kappa shape index (κ2) is 4.51. The molecule has 0 aromatic heterocycles. The van der Waals surface area contributed by atoms with Crippen molar-refractivity contribution in [3.63, 3.8) is 0 Å². The Kier molecular flexibility index (Phi) is 3.33. The molecule has 0 saturated carbocycles. The Balaban J connectivity index is 2.65. The van der Waals surface area contributed by atoms with Gasteiger partial charge >= 0.3 is 0 Å². The van der Waals surface area contributed by atoms with E-state index in [-0.39, 0.29) is 0 Å². The van der Waals surface area contributed by atoms with Gasteiger partial charge < -0.3 is 5.11 Å². The number of phenolic OH excluding ortho intramolecular Hbond substituents is 1. The van der Waals surface area contributed by atoms with Crippen molar-refractivity contribution in [2.45, 2.75) is 26.2 Å². The fourth-order valence-electron chi connectivity index (χ4n) is 1.27. The number of aromatic hydroxyl groups is 1. The van der Waals surface area contributed by atoms with Gasteiger partial charge in [-0.05, 0) is 31.4 Å². The molecule has 0 bridgehead atoms. The third kappa shape index (κ3) is 2.79. The number of nitriles is 1. The van der Waals surface area contributed by atoms with Crippen molar-refractivity contribution < 1.29 is 5.11 Å². The molecule has 1 aromatic rings. The Morgan fingerprint density at radius 2 is 2.23 bits per heavy atom. The summed E-state index contributed by atoms with van der Waals surface area (Å²) in [4.78, 5) is 0. The number of benzene rings is 1. The number of hydrogen-bond donors (Lipinski definition) is 1.